The van der Waals surface area contributed by atoms with Crippen molar-refractivity contribution in [2.75, 3.05) is 48.8 Å². The molecular weight excluding hydrogens is 531 g/mol. The third-order valence-electron chi connectivity index (χ3n) is 6.81. The van der Waals surface area contributed by atoms with E-state index < -0.39 is 5.91 Å². The number of benzene rings is 3. The molecule has 40 heavy (non-hydrogen) atoms. The summed E-state index contributed by atoms with van der Waals surface area (Å²) in [5.74, 6) is -0.306. The molecule has 0 unspecified atom stereocenters. The van der Waals surface area contributed by atoms with Gasteiger partial charge in [-0.05, 0) is 62.4 Å². The number of aryl methyl sites for hydroxylation is 2. The predicted octanol–water partition coefficient (Wildman–Crippen LogP) is 6.43. The summed E-state index contributed by atoms with van der Waals surface area (Å²) in [6.45, 7) is 7.12. The summed E-state index contributed by atoms with van der Waals surface area (Å²) < 4.78 is 21.1. The van der Waals surface area contributed by atoms with E-state index in [0.717, 1.165) is 37.3 Å². The van der Waals surface area contributed by atoms with E-state index in [4.69, 9.17) is 16.3 Å². The van der Waals surface area contributed by atoms with Gasteiger partial charge in [-0.1, -0.05) is 41.9 Å². The molecule has 10 heteroatoms. The van der Waals surface area contributed by atoms with Gasteiger partial charge in [-0.25, -0.2) is 9.37 Å². The number of para-hydroxylation sites is 2. The lowest BCUT2D eigenvalue weighted by Gasteiger charge is -2.34. The lowest BCUT2D eigenvalue weighted by molar-refractivity contribution is 0.102. The van der Waals surface area contributed by atoms with Crippen molar-refractivity contribution in [3.8, 4) is 11.6 Å². The molecule has 206 valence electrons. The maximum absolute atomic E-state index is 15.1. The highest BCUT2D eigenvalue weighted by atomic mass is 35.5. The number of halogens is 2. The van der Waals surface area contributed by atoms with Crippen LogP contribution in [0.25, 0.3) is 0 Å². The minimum atomic E-state index is -0.437. The summed E-state index contributed by atoms with van der Waals surface area (Å²) >= 11 is 6.32. The topological polar surface area (TPSA) is 82.6 Å². The number of carbonyl (C=O) groups excluding carboxylic acids is 1. The smallest absolute Gasteiger partial charge is 0.262 e. The predicted molar refractivity (Wildman–Crippen MR) is 157 cm³/mol. The van der Waals surface area contributed by atoms with E-state index in [1.165, 1.54) is 12.3 Å². The molecule has 3 aromatic carbocycles. The average Bonchev–Trinajstić information content (AvgIpc) is 2.93. The molecule has 1 saturated heterocycles. The second-order valence-corrected chi connectivity index (χ2v) is 10.2. The number of carbonyl (C=O) groups is 1. The highest BCUT2D eigenvalue weighted by Crippen LogP contribution is 2.32. The number of likely N-dealkylation sites (N-methyl/N-ethyl adjacent to an activating group) is 1. The van der Waals surface area contributed by atoms with Gasteiger partial charge in [-0.2, -0.15) is 4.98 Å². The minimum absolute atomic E-state index is 0.00358. The van der Waals surface area contributed by atoms with Crippen molar-refractivity contribution in [3.63, 3.8) is 0 Å². The number of nitrogens with zero attached hydrogens (tertiary/aromatic N) is 4. The Morgan fingerprint density at radius 1 is 1.00 bits per heavy atom. The molecule has 2 N–H and O–H groups in total. The zero-order valence-corrected chi connectivity index (χ0v) is 23.3. The van der Waals surface area contributed by atoms with Gasteiger partial charge in [-0.15, -0.1) is 0 Å². The van der Waals surface area contributed by atoms with Gasteiger partial charge < -0.3 is 25.2 Å². The number of piperazine rings is 1. The van der Waals surface area contributed by atoms with Gasteiger partial charge in [0.05, 0.1) is 10.7 Å². The van der Waals surface area contributed by atoms with E-state index >= 15 is 4.39 Å². The van der Waals surface area contributed by atoms with Crippen LogP contribution in [-0.4, -0.2) is 54.0 Å². The van der Waals surface area contributed by atoms with Gasteiger partial charge in [0.2, 0.25) is 11.8 Å². The van der Waals surface area contributed by atoms with Crippen LogP contribution < -0.4 is 20.3 Å². The van der Waals surface area contributed by atoms with Gasteiger partial charge in [0, 0.05) is 43.8 Å². The second kappa shape index (κ2) is 11.9. The zero-order valence-electron chi connectivity index (χ0n) is 22.5. The Morgan fingerprint density at radius 3 is 2.42 bits per heavy atom. The van der Waals surface area contributed by atoms with Crippen LogP contribution in [0.3, 0.4) is 0 Å². The summed E-state index contributed by atoms with van der Waals surface area (Å²) in [6, 6.07) is 17.6. The molecule has 5 rings (SSSR count). The number of amides is 1. The number of aromatic nitrogens is 2. The Hall–Kier alpha value is -4.21. The molecule has 0 atom stereocenters. The highest BCUT2D eigenvalue weighted by Gasteiger charge is 2.21. The molecule has 4 aromatic rings. The minimum Gasteiger partial charge on any atom is -0.436 e. The molecule has 1 aliphatic heterocycles. The molecule has 1 fully saturated rings. The van der Waals surface area contributed by atoms with Crippen LogP contribution in [-0.2, 0) is 0 Å². The zero-order chi connectivity index (χ0) is 28.2. The monoisotopic (exact) mass is 560 g/mol. The Bertz CT molecular complexity index is 1520. The fourth-order valence-corrected chi connectivity index (χ4v) is 4.68. The number of hydrogen-bond acceptors (Lipinski definition) is 7. The standard InChI is InChI=1S/C30H30ClFN6O2/c1-19-7-6-8-20(2)27(19)35-28(39)22-18-33-30(36-29(22)40-26-10-5-4-9-23(26)31)34-21-11-12-25(24(32)17-21)38-15-13-37(3)14-16-38/h4-12,17-18H,13-16H2,1-3H3,(H,35,39)(H,33,34,36). The largest absolute Gasteiger partial charge is 0.436 e. The fourth-order valence-electron chi connectivity index (χ4n) is 4.50. The number of nitrogens with one attached hydrogen (secondary N) is 2. The van der Waals surface area contributed by atoms with Crippen molar-refractivity contribution >= 4 is 40.5 Å². The third-order valence-corrected chi connectivity index (χ3v) is 7.12. The highest BCUT2D eigenvalue weighted by molar-refractivity contribution is 6.32. The summed E-state index contributed by atoms with van der Waals surface area (Å²) in [5.41, 5.74) is 3.68. The molecule has 0 aliphatic carbocycles. The van der Waals surface area contributed by atoms with Gasteiger partial charge in [0.1, 0.15) is 17.1 Å². The summed E-state index contributed by atoms with van der Waals surface area (Å²) in [6.07, 6.45) is 1.37. The van der Waals surface area contributed by atoms with Crippen LogP contribution in [0.5, 0.6) is 11.6 Å². The van der Waals surface area contributed by atoms with E-state index in [2.05, 4.69) is 32.5 Å². The molecular formula is C30H30ClFN6O2. The van der Waals surface area contributed by atoms with Crippen molar-refractivity contribution in [2.45, 2.75) is 13.8 Å². The average molecular weight is 561 g/mol. The maximum atomic E-state index is 15.1. The van der Waals surface area contributed by atoms with Crippen molar-refractivity contribution in [3.05, 3.63) is 94.4 Å². The quantitative estimate of drug-likeness (QED) is 0.270. The molecule has 0 radical (unpaired) electrons. The Kier molecular flexibility index (Phi) is 8.14. The maximum Gasteiger partial charge on any atom is 0.262 e. The Labute approximate surface area is 237 Å². The van der Waals surface area contributed by atoms with Crippen molar-refractivity contribution < 1.29 is 13.9 Å². The van der Waals surface area contributed by atoms with Gasteiger partial charge >= 0.3 is 0 Å². The van der Waals surface area contributed by atoms with Crippen LogP contribution in [0.4, 0.5) is 27.4 Å². The molecule has 0 bridgehead atoms. The molecule has 8 nitrogen and oxygen atoms in total. The molecule has 1 aliphatic rings. The van der Waals surface area contributed by atoms with Gasteiger partial charge in [-0.3, -0.25) is 4.79 Å². The Balaban J connectivity index is 1.42. The van der Waals surface area contributed by atoms with E-state index in [9.17, 15) is 4.79 Å². The van der Waals surface area contributed by atoms with Gasteiger partial charge in [0.25, 0.3) is 5.91 Å². The molecule has 0 saturated carbocycles. The molecule has 2 heterocycles. The van der Waals surface area contributed by atoms with Crippen LogP contribution >= 0.6 is 11.6 Å². The van der Waals surface area contributed by atoms with Gasteiger partial charge in [0.15, 0.2) is 0 Å². The van der Waals surface area contributed by atoms with E-state index in [0.29, 0.717) is 27.8 Å². The first-order valence-electron chi connectivity index (χ1n) is 13.0. The van der Waals surface area contributed by atoms with E-state index in [-0.39, 0.29) is 23.2 Å². The first-order valence-corrected chi connectivity index (χ1v) is 13.3. The second-order valence-electron chi connectivity index (χ2n) is 9.75. The Morgan fingerprint density at radius 2 is 1.73 bits per heavy atom. The van der Waals surface area contributed by atoms with E-state index in [1.54, 1.807) is 36.4 Å². The van der Waals surface area contributed by atoms with Crippen LogP contribution in [0.1, 0.15) is 21.5 Å². The summed E-state index contributed by atoms with van der Waals surface area (Å²) in [4.78, 5) is 26.4. The number of rotatable bonds is 7. The fraction of sp³-hybridized carbons (Fsp3) is 0.233. The van der Waals surface area contributed by atoms with E-state index in [1.807, 2.05) is 36.9 Å². The van der Waals surface area contributed by atoms with Crippen molar-refractivity contribution in [1.82, 2.24) is 14.9 Å². The number of ether oxygens (including phenoxy) is 1. The SMILES string of the molecule is Cc1cccc(C)c1NC(=O)c1cnc(Nc2ccc(N3CCN(C)CC3)c(F)c2)nc1Oc1ccccc1Cl. The van der Waals surface area contributed by atoms with Crippen LogP contribution in [0.2, 0.25) is 5.02 Å². The van der Waals surface area contributed by atoms with Crippen LogP contribution in [0, 0.1) is 19.7 Å². The molecule has 1 amide bonds. The third kappa shape index (κ3) is 6.16. The molecule has 1 aromatic heterocycles. The summed E-state index contributed by atoms with van der Waals surface area (Å²) in [7, 11) is 2.06. The first kappa shape index (κ1) is 27.4. The lowest BCUT2D eigenvalue weighted by Crippen LogP contribution is -2.44. The number of anilines is 4. The van der Waals surface area contributed by atoms with Crippen molar-refractivity contribution in [2.24, 2.45) is 0 Å². The molecule has 0 spiro atoms. The number of hydrogen-bond donors (Lipinski definition) is 2. The first-order chi connectivity index (χ1) is 19.3. The lowest BCUT2D eigenvalue weighted by atomic mass is 10.1. The van der Waals surface area contributed by atoms with Crippen molar-refractivity contribution in [1.29, 1.82) is 0 Å². The summed E-state index contributed by atoms with van der Waals surface area (Å²) in [5, 5.41) is 6.33. The van der Waals surface area contributed by atoms with Crippen LogP contribution in [0.15, 0.2) is 66.9 Å². The normalized spacial score (nSPS) is 13.7.